The molecule has 0 aliphatic heterocycles. The number of carbonyl (C=O) groups excluding carboxylic acids is 1. The number of nitrogens with one attached hydrogen (secondary N) is 1. The van der Waals surface area contributed by atoms with Crippen LogP contribution in [0.1, 0.15) is 17.4 Å². The summed E-state index contributed by atoms with van der Waals surface area (Å²) in [6.07, 6.45) is 0.0228. The van der Waals surface area contributed by atoms with E-state index in [-0.39, 0.29) is 11.4 Å². The maximum atomic E-state index is 11.6. The van der Waals surface area contributed by atoms with Gasteiger partial charge in [0, 0.05) is 6.20 Å². The SMILES string of the molecule is CC(O)C(NC(=O)c1ncccc1O)C(=O)O. The largest absolute Gasteiger partial charge is 0.505 e. The Bertz CT molecular complexity index is 432. The van der Waals surface area contributed by atoms with Gasteiger partial charge in [-0.3, -0.25) is 4.79 Å². The second-order valence-electron chi connectivity index (χ2n) is 3.40. The highest BCUT2D eigenvalue weighted by molar-refractivity contribution is 5.97. The van der Waals surface area contributed by atoms with Gasteiger partial charge in [0.2, 0.25) is 0 Å². The summed E-state index contributed by atoms with van der Waals surface area (Å²) in [6.45, 7) is 1.23. The van der Waals surface area contributed by atoms with E-state index in [0.29, 0.717) is 0 Å². The number of hydrogen-bond donors (Lipinski definition) is 4. The average Bonchev–Trinajstić information content (AvgIpc) is 2.25. The summed E-state index contributed by atoms with van der Waals surface area (Å²) in [7, 11) is 0. The molecule has 0 bridgehead atoms. The lowest BCUT2D eigenvalue weighted by molar-refractivity contribution is -0.141. The van der Waals surface area contributed by atoms with Crippen molar-refractivity contribution in [1.82, 2.24) is 10.3 Å². The molecule has 4 N–H and O–H groups in total. The van der Waals surface area contributed by atoms with E-state index in [0.717, 1.165) is 0 Å². The first kappa shape index (κ1) is 12.9. The number of aliphatic hydroxyl groups is 1. The first-order valence-electron chi connectivity index (χ1n) is 4.79. The first-order chi connectivity index (χ1) is 7.93. The van der Waals surface area contributed by atoms with Crippen LogP contribution in [0.2, 0.25) is 0 Å². The summed E-state index contributed by atoms with van der Waals surface area (Å²) >= 11 is 0. The Morgan fingerprint density at radius 3 is 2.59 bits per heavy atom. The second-order valence-corrected chi connectivity index (χ2v) is 3.40. The highest BCUT2D eigenvalue weighted by atomic mass is 16.4. The zero-order valence-corrected chi connectivity index (χ0v) is 8.99. The minimum atomic E-state index is -1.45. The number of amides is 1. The summed E-state index contributed by atoms with van der Waals surface area (Å²) < 4.78 is 0. The smallest absolute Gasteiger partial charge is 0.328 e. The van der Waals surface area contributed by atoms with E-state index >= 15 is 0 Å². The Hall–Kier alpha value is -2.15. The van der Waals surface area contributed by atoms with Gasteiger partial charge in [0.25, 0.3) is 5.91 Å². The average molecular weight is 240 g/mol. The molecular weight excluding hydrogens is 228 g/mol. The van der Waals surface area contributed by atoms with Crippen LogP contribution in [0.5, 0.6) is 5.75 Å². The molecule has 7 nitrogen and oxygen atoms in total. The summed E-state index contributed by atoms with van der Waals surface area (Å²) in [5, 5.41) is 29.3. The van der Waals surface area contributed by atoms with E-state index in [1.54, 1.807) is 0 Å². The highest BCUT2D eigenvalue weighted by Crippen LogP contribution is 2.12. The Labute approximate surface area is 96.7 Å². The van der Waals surface area contributed by atoms with Gasteiger partial charge >= 0.3 is 5.97 Å². The topological polar surface area (TPSA) is 120 Å². The maximum Gasteiger partial charge on any atom is 0.328 e. The molecule has 17 heavy (non-hydrogen) atoms. The molecule has 0 aliphatic carbocycles. The van der Waals surface area contributed by atoms with Crippen molar-refractivity contribution in [3.05, 3.63) is 24.0 Å². The third-order valence-corrected chi connectivity index (χ3v) is 2.04. The number of aliphatic carboxylic acids is 1. The van der Waals surface area contributed by atoms with E-state index in [2.05, 4.69) is 10.3 Å². The van der Waals surface area contributed by atoms with Crippen molar-refractivity contribution >= 4 is 11.9 Å². The molecule has 7 heteroatoms. The van der Waals surface area contributed by atoms with E-state index < -0.39 is 24.0 Å². The van der Waals surface area contributed by atoms with E-state index in [9.17, 15) is 14.7 Å². The molecule has 0 fully saturated rings. The van der Waals surface area contributed by atoms with E-state index in [1.165, 1.54) is 25.3 Å². The van der Waals surface area contributed by atoms with Crippen LogP contribution >= 0.6 is 0 Å². The number of aromatic hydroxyl groups is 1. The maximum absolute atomic E-state index is 11.6. The minimum Gasteiger partial charge on any atom is -0.505 e. The van der Waals surface area contributed by atoms with Crippen LogP contribution in [0.3, 0.4) is 0 Å². The Morgan fingerprint density at radius 2 is 2.12 bits per heavy atom. The molecule has 1 heterocycles. The molecule has 0 radical (unpaired) electrons. The van der Waals surface area contributed by atoms with E-state index in [1.807, 2.05) is 0 Å². The molecule has 0 saturated heterocycles. The molecule has 2 atom stereocenters. The lowest BCUT2D eigenvalue weighted by Crippen LogP contribution is -2.47. The van der Waals surface area contributed by atoms with Gasteiger partial charge in [-0.1, -0.05) is 0 Å². The molecule has 0 aromatic carbocycles. The lowest BCUT2D eigenvalue weighted by atomic mass is 10.2. The zero-order chi connectivity index (χ0) is 13.0. The van der Waals surface area contributed by atoms with Crippen LogP contribution in [-0.2, 0) is 4.79 Å². The molecular formula is C10H12N2O5. The number of nitrogens with zero attached hydrogens (tertiary/aromatic N) is 1. The second kappa shape index (κ2) is 5.26. The fraction of sp³-hybridized carbons (Fsp3) is 0.300. The van der Waals surface area contributed by atoms with Gasteiger partial charge in [-0.25, -0.2) is 9.78 Å². The van der Waals surface area contributed by atoms with Crippen molar-refractivity contribution in [3.8, 4) is 5.75 Å². The van der Waals surface area contributed by atoms with Crippen LogP contribution in [0, 0.1) is 0 Å². The van der Waals surface area contributed by atoms with Gasteiger partial charge in [0.15, 0.2) is 11.7 Å². The van der Waals surface area contributed by atoms with Gasteiger partial charge in [0.1, 0.15) is 5.75 Å². The van der Waals surface area contributed by atoms with Gasteiger partial charge in [-0.2, -0.15) is 0 Å². The fourth-order valence-electron chi connectivity index (χ4n) is 1.17. The van der Waals surface area contributed by atoms with Gasteiger partial charge in [0.05, 0.1) is 6.10 Å². The van der Waals surface area contributed by atoms with Crippen molar-refractivity contribution in [1.29, 1.82) is 0 Å². The van der Waals surface area contributed by atoms with Crippen LogP contribution in [0.4, 0.5) is 0 Å². The van der Waals surface area contributed by atoms with Crippen molar-refractivity contribution in [2.75, 3.05) is 0 Å². The molecule has 92 valence electrons. The minimum absolute atomic E-state index is 0.292. The number of carbonyl (C=O) groups is 2. The number of rotatable bonds is 4. The van der Waals surface area contributed by atoms with Crippen molar-refractivity contribution < 1.29 is 24.9 Å². The monoisotopic (exact) mass is 240 g/mol. The highest BCUT2D eigenvalue weighted by Gasteiger charge is 2.26. The van der Waals surface area contributed by atoms with Gasteiger partial charge in [-0.05, 0) is 19.1 Å². The van der Waals surface area contributed by atoms with Crippen molar-refractivity contribution in [2.24, 2.45) is 0 Å². The molecule has 1 aromatic rings. The standard InChI is InChI=1S/C10H12N2O5/c1-5(13)7(10(16)17)12-9(15)8-6(14)3-2-4-11-8/h2-5,7,13-14H,1H3,(H,12,15)(H,16,17). The summed E-state index contributed by atoms with van der Waals surface area (Å²) in [6, 6.07) is 1.22. The van der Waals surface area contributed by atoms with Crippen molar-refractivity contribution in [3.63, 3.8) is 0 Å². The van der Waals surface area contributed by atoms with E-state index in [4.69, 9.17) is 10.2 Å². The number of hydrogen-bond acceptors (Lipinski definition) is 5. The van der Waals surface area contributed by atoms with Crippen molar-refractivity contribution in [2.45, 2.75) is 19.1 Å². The number of pyridine rings is 1. The summed E-state index contributed by atoms with van der Waals surface area (Å²) in [5.74, 6) is -2.60. The fourth-order valence-corrected chi connectivity index (χ4v) is 1.17. The Kier molecular flexibility index (Phi) is 4.00. The van der Waals surface area contributed by atoms with Gasteiger partial charge in [-0.15, -0.1) is 0 Å². The molecule has 1 rings (SSSR count). The zero-order valence-electron chi connectivity index (χ0n) is 8.99. The van der Waals surface area contributed by atoms with Gasteiger partial charge < -0.3 is 20.6 Å². The molecule has 0 aliphatic rings. The number of carboxylic acid groups (broad SMARTS) is 1. The molecule has 1 amide bonds. The van der Waals surface area contributed by atoms with Crippen LogP contribution in [0.15, 0.2) is 18.3 Å². The molecule has 2 unspecified atom stereocenters. The Morgan fingerprint density at radius 1 is 1.47 bits per heavy atom. The van der Waals surface area contributed by atoms with Crippen LogP contribution in [-0.4, -0.2) is 44.3 Å². The predicted octanol–water partition coefficient (Wildman–Crippen LogP) is -0.649. The van der Waals surface area contributed by atoms with Crippen LogP contribution in [0.25, 0.3) is 0 Å². The van der Waals surface area contributed by atoms with Crippen LogP contribution < -0.4 is 5.32 Å². The lowest BCUT2D eigenvalue weighted by Gasteiger charge is -2.16. The molecule has 0 saturated carbocycles. The summed E-state index contributed by atoms with van der Waals surface area (Å²) in [5.41, 5.74) is -0.292. The molecule has 1 aromatic heterocycles. The quantitative estimate of drug-likeness (QED) is 0.555. The third kappa shape index (κ3) is 3.15. The predicted molar refractivity (Wildman–Crippen MR) is 56.5 cm³/mol. The Balaban J connectivity index is 2.85. The third-order valence-electron chi connectivity index (χ3n) is 2.04. The first-order valence-corrected chi connectivity index (χ1v) is 4.79. The molecule has 0 spiro atoms. The number of carboxylic acids is 1. The number of aliphatic hydroxyl groups excluding tert-OH is 1. The summed E-state index contributed by atoms with van der Waals surface area (Å²) in [4.78, 5) is 25.9. The number of aromatic nitrogens is 1. The normalized spacial score (nSPS) is 13.8.